The second-order valence-electron chi connectivity index (χ2n) is 6.25. The van der Waals surface area contributed by atoms with Crippen molar-refractivity contribution < 1.29 is 9.21 Å². The molecule has 1 aliphatic rings. The SMILES string of the molecule is C#CCN1CCN(CCC(=O)c2c(CC)oc3ccccc23)CC1. The van der Waals surface area contributed by atoms with E-state index in [1.165, 1.54) is 0 Å². The van der Waals surface area contributed by atoms with Crippen LogP contribution in [0.2, 0.25) is 0 Å². The Balaban J connectivity index is 1.63. The maximum absolute atomic E-state index is 12.8. The molecule has 126 valence electrons. The third-order valence-electron chi connectivity index (χ3n) is 4.70. The van der Waals surface area contributed by atoms with Crippen molar-refractivity contribution in [2.45, 2.75) is 19.8 Å². The van der Waals surface area contributed by atoms with Gasteiger partial charge in [0.25, 0.3) is 0 Å². The van der Waals surface area contributed by atoms with Gasteiger partial charge in [-0.05, 0) is 6.07 Å². The molecule has 2 heterocycles. The zero-order valence-corrected chi connectivity index (χ0v) is 14.3. The van der Waals surface area contributed by atoms with Gasteiger partial charge < -0.3 is 9.32 Å². The molecule has 1 fully saturated rings. The van der Waals surface area contributed by atoms with Crippen LogP contribution in [0, 0.1) is 12.3 Å². The summed E-state index contributed by atoms with van der Waals surface area (Å²) in [4.78, 5) is 17.4. The fourth-order valence-electron chi connectivity index (χ4n) is 3.34. The number of terminal acetylenes is 1. The summed E-state index contributed by atoms with van der Waals surface area (Å²) >= 11 is 0. The van der Waals surface area contributed by atoms with Crippen molar-refractivity contribution >= 4 is 16.8 Å². The van der Waals surface area contributed by atoms with Gasteiger partial charge in [0.05, 0.1) is 12.1 Å². The van der Waals surface area contributed by atoms with E-state index in [1.807, 2.05) is 31.2 Å². The molecular formula is C20H24N2O2. The fourth-order valence-corrected chi connectivity index (χ4v) is 3.34. The molecule has 1 aromatic carbocycles. The first-order valence-electron chi connectivity index (χ1n) is 8.64. The van der Waals surface area contributed by atoms with Crippen LogP contribution in [0.15, 0.2) is 28.7 Å². The molecule has 24 heavy (non-hydrogen) atoms. The first-order chi connectivity index (χ1) is 11.7. The number of carbonyl (C=O) groups is 1. The van der Waals surface area contributed by atoms with Crippen LogP contribution in [0.3, 0.4) is 0 Å². The Bertz CT molecular complexity index is 749. The molecule has 0 saturated carbocycles. The highest BCUT2D eigenvalue weighted by molar-refractivity contribution is 6.08. The number of rotatable bonds is 6. The van der Waals surface area contributed by atoms with Crippen LogP contribution in [-0.4, -0.2) is 54.9 Å². The summed E-state index contributed by atoms with van der Waals surface area (Å²) in [6.45, 7) is 7.45. The van der Waals surface area contributed by atoms with E-state index in [1.54, 1.807) is 0 Å². The summed E-state index contributed by atoms with van der Waals surface area (Å²) in [5, 5.41) is 0.943. The highest BCUT2D eigenvalue weighted by Gasteiger charge is 2.21. The molecule has 4 heteroatoms. The van der Waals surface area contributed by atoms with Gasteiger partial charge in [0.2, 0.25) is 0 Å². The molecule has 0 bridgehead atoms. The lowest BCUT2D eigenvalue weighted by molar-refractivity contribution is 0.0936. The van der Waals surface area contributed by atoms with Crippen LogP contribution in [-0.2, 0) is 6.42 Å². The van der Waals surface area contributed by atoms with Crippen LogP contribution >= 0.6 is 0 Å². The third kappa shape index (κ3) is 3.53. The highest BCUT2D eigenvalue weighted by atomic mass is 16.3. The Hall–Kier alpha value is -2.09. The topological polar surface area (TPSA) is 36.7 Å². The predicted octanol–water partition coefficient (Wildman–Crippen LogP) is 2.82. The van der Waals surface area contributed by atoms with Gasteiger partial charge in [0.15, 0.2) is 5.78 Å². The lowest BCUT2D eigenvalue weighted by Crippen LogP contribution is -2.46. The average Bonchev–Trinajstić information content (AvgIpc) is 3.00. The average molecular weight is 324 g/mol. The quantitative estimate of drug-likeness (QED) is 0.605. The number of furan rings is 1. The van der Waals surface area contributed by atoms with E-state index in [2.05, 4.69) is 15.7 Å². The van der Waals surface area contributed by atoms with E-state index in [0.717, 1.165) is 61.4 Å². The van der Waals surface area contributed by atoms with Crippen molar-refractivity contribution in [2.75, 3.05) is 39.3 Å². The lowest BCUT2D eigenvalue weighted by atomic mass is 10.0. The lowest BCUT2D eigenvalue weighted by Gasteiger charge is -2.33. The monoisotopic (exact) mass is 324 g/mol. The molecule has 0 spiro atoms. The first kappa shape index (κ1) is 16.8. The number of carbonyl (C=O) groups excluding carboxylic acids is 1. The minimum absolute atomic E-state index is 0.183. The molecule has 0 unspecified atom stereocenters. The molecule has 0 atom stereocenters. The van der Waals surface area contributed by atoms with Crippen molar-refractivity contribution in [3.63, 3.8) is 0 Å². The number of piperazine rings is 1. The van der Waals surface area contributed by atoms with Gasteiger partial charge in [0.1, 0.15) is 11.3 Å². The Morgan fingerprint density at radius 3 is 2.62 bits per heavy atom. The summed E-state index contributed by atoms with van der Waals surface area (Å²) in [5.41, 5.74) is 1.58. The highest BCUT2D eigenvalue weighted by Crippen LogP contribution is 2.27. The van der Waals surface area contributed by atoms with Gasteiger partial charge in [-0.25, -0.2) is 0 Å². The van der Waals surface area contributed by atoms with Gasteiger partial charge in [-0.1, -0.05) is 31.0 Å². The van der Waals surface area contributed by atoms with Crippen LogP contribution in [0.5, 0.6) is 0 Å². The molecular weight excluding hydrogens is 300 g/mol. The molecule has 0 aliphatic carbocycles. The number of nitrogens with zero attached hydrogens (tertiary/aromatic N) is 2. The van der Waals surface area contributed by atoms with E-state index in [9.17, 15) is 4.79 Å². The number of aryl methyl sites for hydroxylation is 1. The first-order valence-corrected chi connectivity index (χ1v) is 8.64. The Morgan fingerprint density at radius 2 is 1.92 bits per heavy atom. The van der Waals surface area contributed by atoms with E-state index in [0.29, 0.717) is 13.0 Å². The van der Waals surface area contributed by atoms with E-state index >= 15 is 0 Å². The van der Waals surface area contributed by atoms with Gasteiger partial charge in [-0.3, -0.25) is 9.69 Å². The molecule has 1 aliphatic heterocycles. The van der Waals surface area contributed by atoms with Crippen molar-refractivity contribution in [3.8, 4) is 12.3 Å². The summed E-state index contributed by atoms with van der Waals surface area (Å²) in [6.07, 6.45) is 6.63. The Morgan fingerprint density at radius 1 is 1.21 bits per heavy atom. The molecule has 1 aromatic heterocycles. The van der Waals surface area contributed by atoms with Crippen LogP contribution in [0.1, 0.15) is 29.5 Å². The normalized spacial score (nSPS) is 16.3. The van der Waals surface area contributed by atoms with Gasteiger partial charge in [-0.15, -0.1) is 6.42 Å². The third-order valence-corrected chi connectivity index (χ3v) is 4.70. The predicted molar refractivity (Wildman–Crippen MR) is 96.3 cm³/mol. The molecule has 1 saturated heterocycles. The number of fused-ring (bicyclic) bond motifs is 1. The maximum Gasteiger partial charge on any atom is 0.168 e. The van der Waals surface area contributed by atoms with Gasteiger partial charge in [0, 0.05) is 51.0 Å². The van der Waals surface area contributed by atoms with Crippen LogP contribution < -0.4 is 0 Å². The minimum atomic E-state index is 0.183. The van der Waals surface area contributed by atoms with Crippen molar-refractivity contribution in [1.29, 1.82) is 0 Å². The molecule has 2 aromatic rings. The zero-order chi connectivity index (χ0) is 16.9. The number of hydrogen-bond acceptors (Lipinski definition) is 4. The number of para-hydroxylation sites is 1. The smallest absolute Gasteiger partial charge is 0.168 e. The molecule has 0 N–H and O–H groups in total. The second-order valence-corrected chi connectivity index (χ2v) is 6.25. The van der Waals surface area contributed by atoms with Gasteiger partial charge in [-0.2, -0.15) is 0 Å². The Kier molecular flexibility index (Phi) is 5.34. The van der Waals surface area contributed by atoms with Crippen molar-refractivity contribution in [1.82, 2.24) is 9.80 Å². The van der Waals surface area contributed by atoms with Gasteiger partial charge >= 0.3 is 0 Å². The summed E-state index contributed by atoms with van der Waals surface area (Å²) in [6, 6.07) is 7.80. The molecule has 0 radical (unpaired) electrons. The largest absolute Gasteiger partial charge is 0.460 e. The van der Waals surface area contributed by atoms with E-state index in [4.69, 9.17) is 10.8 Å². The number of benzene rings is 1. The summed E-state index contributed by atoms with van der Waals surface area (Å²) in [5.74, 6) is 3.68. The number of Topliss-reactive ketones (excluding diaryl/α,β-unsaturated/α-hetero) is 1. The standard InChI is InChI=1S/C20H24N2O2/c1-3-10-21-12-14-22(15-13-21)11-9-17(23)20-16-7-5-6-8-19(16)24-18(20)4-2/h1,5-8H,4,9-15H2,2H3. The second kappa shape index (κ2) is 7.65. The maximum atomic E-state index is 12.8. The number of hydrogen-bond donors (Lipinski definition) is 0. The van der Waals surface area contributed by atoms with Crippen LogP contribution in [0.25, 0.3) is 11.0 Å². The minimum Gasteiger partial charge on any atom is -0.460 e. The Labute approximate surface area is 143 Å². The van der Waals surface area contributed by atoms with Crippen LogP contribution in [0.4, 0.5) is 0 Å². The molecule has 0 amide bonds. The van der Waals surface area contributed by atoms with E-state index < -0.39 is 0 Å². The number of ketones is 1. The zero-order valence-electron chi connectivity index (χ0n) is 14.3. The fraction of sp³-hybridized carbons (Fsp3) is 0.450. The molecule has 4 nitrogen and oxygen atoms in total. The van der Waals surface area contributed by atoms with E-state index in [-0.39, 0.29) is 5.78 Å². The summed E-state index contributed by atoms with van der Waals surface area (Å²) < 4.78 is 5.84. The van der Waals surface area contributed by atoms with Crippen molar-refractivity contribution in [3.05, 3.63) is 35.6 Å². The molecule has 3 rings (SSSR count). The van der Waals surface area contributed by atoms with Crippen molar-refractivity contribution in [2.24, 2.45) is 0 Å². The summed E-state index contributed by atoms with van der Waals surface area (Å²) in [7, 11) is 0.